The lowest BCUT2D eigenvalue weighted by molar-refractivity contribution is -0.136. The maximum absolute atomic E-state index is 10.8. The van der Waals surface area contributed by atoms with E-state index < -0.39 is 5.97 Å². The highest BCUT2D eigenvalue weighted by atomic mass is 32.1. The molecule has 1 aromatic rings. The third kappa shape index (κ3) is 3.01. The van der Waals surface area contributed by atoms with Gasteiger partial charge in [-0.25, -0.2) is 0 Å². The zero-order valence-corrected chi connectivity index (χ0v) is 13.2. The van der Waals surface area contributed by atoms with Crippen molar-refractivity contribution < 1.29 is 14.6 Å². The number of aryl methyl sites for hydroxylation is 1. The summed E-state index contributed by atoms with van der Waals surface area (Å²) in [5.74, 6) is -0.289. The summed E-state index contributed by atoms with van der Waals surface area (Å²) in [6, 6.07) is 8.06. The Labute approximate surface area is 135 Å². The Morgan fingerprint density at radius 2 is 1.95 bits per heavy atom. The summed E-state index contributed by atoms with van der Waals surface area (Å²) in [5.41, 5.74) is 8.24. The molecule has 3 rings (SSSR count). The fourth-order valence-corrected chi connectivity index (χ4v) is 4.25. The van der Waals surface area contributed by atoms with Crippen LogP contribution in [0.4, 0.5) is 0 Å². The number of aliphatic carboxylic acids is 1. The Morgan fingerprint density at radius 1 is 1.27 bits per heavy atom. The molecular weight excluding hydrogens is 298 g/mol. The molecule has 2 fully saturated rings. The molecule has 0 spiro atoms. The van der Waals surface area contributed by atoms with E-state index in [1.54, 1.807) is 0 Å². The van der Waals surface area contributed by atoms with Crippen LogP contribution in [0.5, 0.6) is 0 Å². The van der Waals surface area contributed by atoms with Gasteiger partial charge in [-0.05, 0) is 36.8 Å². The number of nitrogens with two attached hydrogens (primary N) is 1. The minimum absolute atomic E-state index is 0.154. The number of rotatable bonds is 6. The van der Waals surface area contributed by atoms with Gasteiger partial charge in [-0.15, -0.1) is 0 Å². The summed E-state index contributed by atoms with van der Waals surface area (Å²) >= 11 is 5.25. The molecule has 2 aliphatic heterocycles. The molecule has 3 N–H and O–H groups in total. The Hall–Kier alpha value is -1.46. The Bertz CT molecular complexity index is 589. The molecule has 4 unspecified atom stereocenters. The fraction of sp³-hybridized carbons (Fsp3) is 0.529. The number of hydrogen-bond acceptors (Lipinski definition) is 3. The summed E-state index contributed by atoms with van der Waals surface area (Å²) < 4.78 is 6.01. The summed E-state index contributed by atoms with van der Waals surface area (Å²) in [5, 5.41) is 8.90. The molecule has 2 aliphatic rings. The number of hydrogen-bond donors (Lipinski definition) is 2. The van der Waals surface area contributed by atoms with E-state index in [4.69, 9.17) is 27.8 Å². The number of benzene rings is 1. The van der Waals surface area contributed by atoms with E-state index in [2.05, 4.69) is 6.07 Å². The smallest absolute Gasteiger partial charge is 0.303 e. The van der Waals surface area contributed by atoms with Gasteiger partial charge in [0.15, 0.2) is 0 Å². The third-order valence-electron chi connectivity index (χ3n) is 4.94. The highest BCUT2D eigenvalue weighted by Gasteiger charge is 2.49. The van der Waals surface area contributed by atoms with Crippen LogP contribution in [0.3, 0.4) is 0 Å². The van der Waals surface area contributed by atoms with E-state index in [0.717, 1.165) is 24.8 Å². The lowest BCUT2D eigenvalue weighted by Crippen LogP contribution is -2.37. The normalized spacial score (nSPS) is 29.6. The van der Waals surface area contributed by atoms with Gasteiger partial charge < -0.3 is 15.6 Å². The standard InChI is InChI=1S/C17H21NO3S/c18-17(22)16-12(13-6-7-14(16)21-13)9-11-4-2-1-3-10(11)5-8-15(19)20/h1-4,12-14,16H,5-9H2,(H2,18,22)(H,19,20). The largest absolute Gasteiger partial charge is 0.481 e. The lowest BCUT2D eigenvalue weighted by Gasteiger charge is -2.27. The topological polar surface area (TPSA) is 72.5 Å². The number of ether oxygens (including phenoxy) is 1. The van der Waals surface area contributed by atoms with Gasteiger partial charge in [0.05, 0.1) is 17.2 Å². The average molecular weight is 319 g/mol. The highest BCUT2D eigenvalue weighted by Crippen LogP contribution is 2.45. The fourth-order valence-electron chi connectivity index (χ4n) is 3.92. The molecule has 0 radical (unpaired) electrons. The SMILES string of the molecule is NC(=S)C1C2CCC(O2)C1Cc1ccccc1CCC(=O)O. The van der Waals surface area contributed by atoms with Gasteiger partial charge in [-0.1, -0.05) is 36.5 Å². The number of carboxylic acid groups (broad SMARTS) is 1. The Morgan fingerprint density at radius 3 is 2.64 bits per heavy atom. The van der Waals surface area contributed by atoms with E-state index in [9.17, 15) is 4.79 Å². The second-order valence-electron chi connectivity index (χ2n) is 6.25. The molecule has 0 saturated carbocycles. The first kappa shape index (κ1) is 15.4. The maximum atomic E-state index is 10.8. The van der Waals surface area contributed by atoms with Crippen molar-refractivity contribution in [2.75, 3.05) is 0 Å². The molecule has 118 valence electrons. The first-order valence-electron chi connectivity index (χ1n) is 7.79. The molecule has 0 aliphatic carbocycles. The van der Waals surface area contributed by atoms with Crippen molar-refractivity contribution in [3.05, 3.63) is 35.4 Å². The molecule has 0 amide bonds. The zero-order chi connectivity index (χ0) is 15.7. The van der Waals surface area contributed by atoms with E-state index in [-0.39, 0.29) is 24.5 Å². The van der Waals surface area contributed by atoms with Crippen LogP contribution in [0.15, 0.2) is 24.3 Å². The van der Waals surface area contributed by atoms with Crippen LogP contribution < -0.4 is 5.73 Å². The molecule has 4 atom stereocenters. The van der Waals surface area contributed by atoms with Crippen LogP contribution in [0.25, 0.3) is 0 Å². The summed E-state index contributed by atoms with van der Waals surface area (Å²) in [7, 11) is 0. The van der Waals surface area contributed by atoms with Crippen molar-refractivity contribution in [1.82, 2.24) is 0 Å². The number of carboxylic acids is 1. The van der Waals surface area contributed by atoms with Crippen LogP contribution in [-0.4, -0.2) is 28.3 Å². The first-order valence-corrected chi connectivity index (χ1v) is 8.20. The molecule has 5 heteroatoms. The van der Waals surface area contributed by atoms with Gasteiger partial charge in [-0.2, -0.15) is 0 Å². The summed E-state index contributed by atoms with van der Waals surface area (Å²) in [6.45, 7) is 0. The quantitative estimate of drug-likeness (QED) is 0.787. The molecule has 22 heavy (non-hydrogen) atoms. The van der Waals surface area contributed by atoms with E-state index >= 15 is 0 Å². The van der Waals surface area contributed by atoms with Crippen molar-refractivity contribution in [3.8, 4) is 0 Å². The average Bonchev–Trinajstić information content (AvgIpc) is 3.07. The van der Waals surface area contributed by atoms with Crippen LogP contribution >= 0.6 is 12.2 Å². The number of fused-ring (bicyclic) bond motifs is 2. The highest BCUT2D eigenvalue weighted by molar-refractivity contribution is 7.80. The summed E-state index contributed by atoms with van der Waals surface area (Å²) in [4.78, 5) is 11.4. The van der Waals surface area contributed by atoms with E-state index in [1.165, 1.54) is 5.56 Å². The summed E-state index contributed by atoms with van der Waals surface area (Å²) in [6.07, 6.45) is 4.12. The van der Waals surface area contributed by atoms with Gasteiger partial charge in [0.25, 0.3) is 0 Å². The maximum Gasteiger partial charge on any atom is 0.303 e. The van der Waals surface area contributed by atoms with Crippen molar-refractivity contribution in [1.29, 1.82) is 0 Å². The number of thiocarbonyl (C=S) groups is 1. The molecule has 2 bridgehead atoms. The van der Waals surface area contributed by atoms with Crippen molar-refractivity contribution in [2.45, 2.75) is 44.3 Å². The number of carbonyl (C=O) groups is 1. The second-order valence-corrected chi connectivity index (χ2v) is 6.72. The molecule has 4 nitrogen and oxygen atoms in total. The van der Waals surface area contributed by atoms with E-state index in [1.807, 2.05) is 18.2 Å². The predicted octanol–water partition coefficient (Wildman–Crippen LogP) is 2.33. The predicted molar refractivity (Wildman–Crippen MR) is 87.8 cm³/mol. The van der Waals surface area contributed by atoms with Gasteiger partial charge in [0.2, 0.25) is 0 Å². The van der Waals surface area contributed by atoms with Crippen LogP contribution in [0.1, 0.15) is 30.4 Å². The van der Waals surface area contributed by atoms with Gasteiger partial charge in [0, 0.05) is 18.3 Å². The third-order valence-corrected chi connectivity index (χ3v) is 5.21. The van der Waals surface area contributed by atoms with Gasteiger partial charge in [-0.3, -0.25) is 4.79 Å². The molecule has 2 saturated heterocycles. The van der Waals surface area contributed by atoms with Crippen LogP contribution in [-0.2, 0) is 22.4 Å². The van der Waals surface area contributed by atoms with Crippen molar-refractivity contribution in [3.63, 3.8) is 0 Å². The molecular formula is C17H21NO3S. The molecule has 0 aromatic heterocycles. The minimum Gasteiger partial charge on any atom is -0.481 e. The van der Waals surface area contributed by atoms with Gasteiger partial charge >= 0.3 is 5.97 Å². The first-order chi connectivity index (χ1) is 10.6. The molecule has 2 heterocycles. The minimum atomic E-state index is -0.765. The van der Waals surface area contributed by atoms with Crippen LogP contribution in [0, 0.1) is 11.8 Å². The Balaban J connectivity index is 1.78. The van der Waals surface area contributed by atoms with Crippen molar-refractivity contribution in [2.24, 2.45) is 17.6 Å². The zero-order valence-electron chi connectivity index (χ0n) is 12.4. The Kier molecular flexibility index (Phi) is 4.45. The monoisotopic (exact) mass is 319 g/mol. The molecule has 1 aromatic carbocycles. The van der Waals surface area contributed by atoms with Crippen LogP contribution in [0.2, 0.25) is 0 Å². The van der Waals surface area contributed by atoms with Gasteiger partial charge in [0.1, 0.15) is 0 Å². The van der Waals surface area contributed by atoms with Crippen molar-refractivity contribution >= 4 is 23.2 Å². The second kappa shape index (κ2) is 6.34. The lowest BCUT2D eigenvalue weighted by atomic mass is 9.75. The van der Waals surface area contributed by atoms with E-state index in [0.29, 0.717) is 17.3 Å².